The average molecular weight is 229 g/mol. The molecule has 0 amide bonds. The Morgan fingerprint density at radius 3 is 2.62 bits per heavy atom. The van der Waals surface area contributed by atoms with Crippen LogP contribution in [0.15, 0.2) is 0 Å². The zero-order chi connectivity index (χ0) is 12.0. The van der Waals surface area contributed by atoms with E-state index in [0.717, 1.165) is 26.4 Å². The Kier molecular flexibility index (Phi) is 5.73. The molecule has 1 N–H and O–H groups in total. The van der Waals surface area contributed by atoms with Gasteiger partial charge in [-0.05, 0) is 18.8 Å². The zero-order valence-electron chi connectivity index (χ0n) is 11.2. The molecule has 16 heavy (non-hydrogen) atoms. The molecule has 0 aromatic carbocycles. The third-order valence-electron chi connectivity index (χ3n) is 3.68. The molecule has 0 spiro atoms. The molecule has 2 unspecified atom stereocenters. The Hall–Kier alpha value is -0.120. The van der Waals surface area contributed by atoms with Crippen LogP contribution in [0, 0.1) is 11.3 Å². The van der Waals surface area contributed by atoms with E-state index in [0.29, 0.717) is 12.0 Å². The number of hydrogen-bond acceptors (Lipinski definition) is 3. The van der Waals surface area contributed by atoms with Crippen molar-refractivity contribution in [1.82, 2.24) is 5.32 Å². The lowest BCUT2D eigenvalue weighted by atomic mass is 9.72. The molecule has 96 valence electrons. The summed E-state index contributed by atoms with van der Waals surface area (Å²) in [5.74, 6) is 0.545. The van der Waals surface area contributed by atoms with Gasteiger partial charge in [-0.25, -0.2) is 0 Å². The lowest BCUT2D eigenvalue weighted by Gasteiger charge is -2.42. The molecule has 1 aliphatic heterocycles. The summed E-state index contributed by atoms with van der Waals surface area (Å²) in [6.45, 7) is 10.3. The summed E-state index contributed by atoms with van der Waals surface area (Å²) in [6, 6.07) is 0.536. The van der Waals surface area contributed by atoms with Gasteiger partial charge in [0.25, 0.3) is 0 Å². The summed E-state index contributed by atoms with van der Waals surface area (Å²) in [5.41, 5.74) is 0.262. The largest absolute Gasteiger partial charge is 0.384 e. The van der Waals surface area contributed by atoms with Crippen molar-refractivity contribution in [1.29, 1.82) is 0 Å². The normalized spacial score (nSPS) is 28.3. The van der Waals surface area contributed by atoms with Crippen molar-refractivity contribution in [2.45, 2.75) is 39.7 Å². The first-order valence-electron chi connectivity index (χ1n) is 6.41. The summed E-state index contributed by atoms with van der Waals surface area (Å²) >= 11 is 0. The molecule has 1 aliphatic rings. The molecular weight excluding hydrogens is 202 g/mol. The topological polar surface area (TPSA) is 30.5 Å². The second kappa shape index (κ2) is 6.58. The van der Waals surface area contributed by atoms with E-state index < -0.39 is 0 Å². The number of methoxy groups -OCH3 is 1. The van der Waals surface area contributed by atoms with Crippen LogP contribution in [0.2, 0.25) is 0 Å². The first-order chi connectivity index (χ1) is 7.60. The van der Waals surface area contributed by atoms with Crippen LogP contribution in [0.5, 0.6) is 0 Å². The Balaban J connectivity index is 2.59. The number of rotatable bonds is 6. The minimum atomic E-state index is 0.262. The van der Waals surface area contributed by atoms with Gasteiger partial charge in [0.1, 0.15) is 0 Å². The third kappa shape index (κ3) is 3.72. The summed E-state index contributed by atoms with van der Waals surface area (Å²) < 4.78 is 11.0. The molecule has 0 aromatic rings. The highest BCUT2D eigenvalue weighted by Crippen LogP contribution is 2.36. The van der Waals surface area contributed by atoms with Crippen molar-refractivity contribution in [3.63, 3.8) is 0 Å². The quantitative estimate of drug-likeness (QED) is 0.756. The molecule has 1 saturated heterocycles. The second-order valence-corrected chi connectivity index (χ2v) is 5.41. The maximum Gasteiger partial charge on any atom is 0.0538 e. The van der Waals surface area contributed by atoms with Crippen LogP contribution < -0.4 is 5.32 Å². The smallest absolute Gasteiger partial charge is 0.0538 e. The Morgan fingerprint density at radius 1 is 1.38 bits per heavy atom. The van der Waals surface area contributed by atoms with E-state index in [1.54, 1.807) is 7.11 Å². The first kappa shape index (κ1) is 13.9. The van der Waals surface area contributed by atoms with Crippen molar-refractivity contribution >= 4 is 0 Å². The van der Waals surface area contributed by atoms with E-state index in [4.69, 9.17) is 9.47 Å². The molecule has 1 heterocycles. The van der Waals surface area contributed by atoms with Gasteiger partial charge in [-0.2, -0.15) is 0 Å². The highest BCUT2D eigenvalue weighted by atomic mass is 16.5. The maximum absolute atomic E-state index is 5.69. The highest BCUT2D eigenvalue weighted by molar-refractivity contribution is 4.89. The summed E-state index contributed by atoms with van der Waals surface area (Å²) in [7, 11) is 1.78. The van der Waals surface area contributed by atoms with Gasteiger partial charge in [-0.15, -0.1) is 0 Å². The van der Waals surface area contributed by atoms with Gasteiger partial charge >= 0.3 is 0 Å². The van der Waals surface area contributed by atoms with Crippen LogP contribution in [0.3, 0.4) is 0 Å². The van der Waals surface area contributed by atoms with E-state index in [2.05, 4.69) is 26.1 Å². The minimum Gasteiger partial charge on any atom is -0.384 e. The van der Waals surface area contributed by atoms with Gasteiger partial charge in [0.2, 0.25) is 0 Å². The molecule has 0 saturated carbocycles. The lowest BCUT2D eigenvalue weighted by molar-refractivity contribution is -0.0554. The SMILES string of the molecule is COCC(C)C1(CNC(C)C)CCCOC1. The summed E-state index contributed by atoms with van der Waals surface area (Å²) in [4.78, 5) is 0. The average Bonchev–Trinajstić information content (AvgIpc) is 2.28. The van der Waals surface area contributed by atoms with Crippen LogP contribution in [0.25, 0.3) is 0 Å². The van der Waals surface area contributed by atoms with Gasteiger partial charge in [0.15, 0.2) is 0 Å². The van der Waals surface area contributed by atoms with Crippen LogP contribution >= 0.6 is 0 Å². The molecule has 0 bridgehead atoms. The van der Waals surface area contributed by atoms with E-state index in [-0.39, 0.29) is 5.41 Å². The van der Waals surface area contributed by atoms with E-state index in [1.165, 1.54) is 12.8 Å². The van der Waals surface area contributed by atoms with E-state index in [9.17, 15) is 0 Å². The molecule has 1 fully saturated rings. The highest BCUT2D eigenvalue weighted by Gasteiger charge is 2.38. The predicted octanol–water partition coefficient (Wildman–Crippen LogP) is 2.06. The third-order valence-corrected chi connectivity index (χ3v) is 3.68. The molecule has 0 aliphatic carbocycles. The van der Waals surface area contributed by atoms with Crippen LogP contribution in [-0.4, -0.2) is 39.5 Å². The van der Waals surface area contributed by atoms with Crippen molar-refractivity contribution in [3.8, 4) is 0 Å². The summed E-state index contributed by atoms with van der Waals surface area (Å²) in [6.07, 6.45) is 2.42. The van der Waals surface area contributed by atoms with Gasteiger partial charge in [-0.3, -0.25) is 0 Å². The van der Waals surface area contributed by atoms with Crippen molar-refractivity contribution in [2.75, 3.05) is 33.5 Å². The van der Waals surface area contributed by atoms with E-state index in [1.807, 2.05) is 0 Å². The maximum atomic E-state index is 5.69. The van der Waals surface area contributed by atoms with Crippen molar-refractivity contribution in [2.24, 2.45) is 11.3 Å². The molecular formula is C13H27NO2. The first-order valence-corrected chi connectivity index (χ1v) is 6.41. The Morgan fingerprint density at radius 2 is 2.12 bits per heavy atom. The van der Waals surface area contributed by atoms with Gasteiger partial charge < -0.3 is 14.8 Å². The van der Waals surface area contributed by atoms with Crippen LogP contribution in [0.1, 0.15) is 33.6 Å². The molecule has 3 heteroatoms. The molecule has 0 radical (unpaired) electrons. The lowest BCUT2D eigenvalue weighted by Crippen LogP contribution is -2.48. The predicted molar refractivity (Wildman–Crippen MR) is 66.7 cm³/mol. The Labute approximate surface area is 99.9 Å². The van der Waals surface area contributed by atoms with Gasteiger partial charge in [-0.1, -0.05) is 20.8 Å². The van der Waals surface area contributed by atoms with Gasteiger partial charge in [0.05, 0.1) is 6.61 Å². The monoisotopic (exact) mass is 229 g/mol. The number of nitrogens with one attached hydrogen (secondary N) is 1. The van der Waals surface area contributed by atoms with E-state index >= 15 is 0 Å². The Bertz CT molecular complexity index is 188. The van der Waals surface area contributed by atoms with Crippen molar-refractivity contribution < 1.29 is 9.47 Å². The van der Waals surface area contributed by atoms with Crippen LogP contribution in [-0.2, 0) is 9.47 Å². The number of hydrogen-bond donors (Lipinski definition) is 1. The minimum absolute atomic E-state index is 0.262. The van der Waals surface area contributed by atoms with Crippen LogP contribution in [0.4, 0.5) is 0 Å². The number of ether oxygens (including phenoxy) is 2. The fourth-order valence-corrected chi connectivity index (χ4v) is 2.41. The molecule has 1 rings (SSSR count). The summed E-state index contributed by atoms with van der Waals surface area (Å²) in [5, 5.41) is 3.56. The molecule has 2 atom stereocenters. The fourth-order valence-electron chi connectivity index (χ4n) is 2.41. The van der Waals surface area contributed by atoms with Crippen molar-refractivity contribution in [3.05, 3.63) is 0 Å². The fraction of sp³-hybridized carbons (Fsp3) is 1.00. The standard InChI is InChI=1S/C13H27NO2/c1-11(2)14-9-13(12(3)8-15-4)6-5-7-16-10-13/h11-12,14H,5-10H2,1-4H3. The molecule has 0 aromatic heterocycles. The van der Waals surface area contributed by atoms with Gasteiger partial charge in [0, 0.05) is 38.3 Å². The zero-order valence-corrected chi connectivity index (χ0v) is 11.2. The molecule has 3 nitrogen and oxygen atoms in total. The second-order valence-electron chi connectivity index (χ2n) is 5.41.